The van der Waals surface area contributed by atoms with Crippen LogP contribution in [0.15, 0.2) is 12.3 Å². The average molecular weight is 291 g/mol. The number of hydrogen-bond donors (Lipinski definition) is 0. The fourth-order valence-electron chi connectivity index (χ4n) is 1.31. The van der Waals surface area contributed by atoms with Crippen molar-refractivity contribution in [3.05, 3.63) is 23.4 Å². The quantitative estimate of drug-likeness (QED) is 0.472. The van der Waals surface area contributed by atoms with Crippen LogP contribution in [0.2, 0.25) is 0 Å². The summed E-state index contributed by atoms with van der Waals surface area (Å²) in [7, 11) is 0. The number of ether oxygens (including phenoxy) is 2. The molecule has 0 spiro atoms. The van der Waals surface area contributed by atoms with Crippen molar-refractivity contribution < 1.29 is 32.2 Å². The fraction of sp³-hybridized carbons (Fsp3) is 0.417. The molecule has 0 aromatic carbocycles. The van der Waals surface area contributed by atoms with Gasteiger partial charge in [-0.25, -0.2) is 9.78 Å². The zero-order valence-corrected chi connectivity index (χ0v) is 10.8. The third kappa shape index (κ3) is 4.52. The minimum Gasteiger partial charge on any atom is -0.468 e. The molecule has 0 unspecified atom stereocenters. The van der Waals surface area contributed by atoms with Crippen LogP contribution in [0, 0.1) is 6.92 Å². The van der Waals surface area contributed by atoms with Crippen molar-refractivity contribution in [2.45, 2.75) is 20.0 Å². The SMILES string of the molecule is CCOC(=O)C(=O)c1cnc(OCC(F)(F)F)cc1C. The van der Waals surface area contributed by atoms with Crippen molar-refractivity contribution in [2.24, 2.45) is 0 Å². The van der Waals surface area contributed by atoms with Crippen LogP contribution in [0.25, 0.3) is 0 Å². The van der Waals surface area contributed by atoms with Crippen molar-refractivity contribution in [1.29, 1.82) is 0 Å². The van der Waals surface area contributed by atoms with Gasteiger partial charge >= 0.3 is 12.1 Å². The predicted molar refractivity (Wildman–Crippen MR) is 61.5 cm³/mol. The van der Waals surface area contributed by atoms with Crippen LogP contribution in [-0.2, 0) is 9.53 Å². The second-order valence-electron chi connectivity index (χ2n) is 3.79. The topological polar surface area (TPSA) is 65.5 Å². The lowest BCUT2D eigenvalue weighted by atomic mass is 10.1. The van der Waals surface area contributed by atoms with Gasteiger partial charge in [0.2, 0.25) is 5.88 Å². The number of hydrogen-bond acceptors (Lipinski definition) is 5. The summed E-state index contributed by atoms with van der Waals surface area (Å²) in [6, 6.07) is 1.15. The van der Waals surface area contributed by atoms with Gasteiger partial charge in [-0.15, -0.1) is 0 Å². The highest BCUT2D eigenvalue weighted by Crippen LogP contribution is 2.19. The van der Waals surface area contributed by atoms with E-state index in [1.54, 1.807) is 6.92 Å². The number of aromatic nitrogens is 1. The molecule has 0 N–H and O–H groups in total. The molecule has 20 heavy (non-hydrogen) atoms. The summed E-state index contributed by atoms with van der Waals surface area (Å²) >= 11 is 0. The highest BCUT2D eigenvalue weighted by molar-refractivity contribution is 6.40. The van der Waals surface area contributed by atoms with Gasteiger partial charge in [0.05, 0.1) is 12.2 Å². The normalized spacial score (nSPS) is 11.1. The highest BCUT2D eigenvalue weighted by atomic mass is 19.4. The van der Waals surface area contributed by atoms with Crippen LogP contribution in [0.4, 0.5) is 13.2 Å². The van der Waals surface area contributed by atoms with Gasteiger partial charge in [0.25, 0.3) is 5.78 Å². The Hall–Kier alpha value is -2.12. The van der Waals surface area contributed by atoms with E-state index >= 15 is 0 Å². The van der Waals surface area contributed by atoms with E-state index in [1.165, 1.54) is 6.92 Å². The van der Waals surface area contributed by atoms with Crippen molar-refractivity contribution >= 4 is 11.8 Å². The first-order valence-electron chi connectivity index (χ1n) is 5.62. The third-order valence-electron chi connectivity index (χ3n) is 2.17. The first-order chi connectivity index (χ1) is 9.24. The zero-order chi connectivity index (χ0) is 15.3. The van der Waals surface area contributed by atoms with E-state index in [1.807, 2.05) is 0 Å². The van der Waals surface area contributed by atoms with E-state index in [4.69, 9.17) is 0 Å². The van der Waals surface area contributed by atoms with Crippen LogP contribution >= 0.6 is 0 Å². The maximum absolute atomic E-state index is 12.0. The predicted octanol–water partition coefficient (Wildman–Crippen LogP) is 2.08. The van der Waals surface area contributed by atoms with Crippen LogP contribution < -0.4 is 4.74 Å². The molecule has 0 bridgehead atoms. The van der Waals surface area contributed by atoms with E-state index in [2.05, 4.69) is 14.5 Å². The summed E-state index contributed by atoms with van der Waals surface area (Å²) in [5.74, 6) is -2.22. The third-order valence-corrected chi connectivity index (χ3v) is 2.17. The Morgan fingerprint density at radius 1 is 1.35 bits per heavy atom. The van der Waals surface area contributed by atoms with Crippen molar-refractivity contribution in [1.82, 2.24) is 4.98 Å². The van der Waals surface area contributed by atoms with Crippen LogP contribution in [0.1, 0.15) is 22.8 Å². The minimum atomic E-state index is -4.48. The number of aryl methyl sites for hydroxylation is 1. The molecule has 1 heterocycles. The molecule has 0 aliphatic heterocycles. The van der Waals surface area contributed by atoms with Crippen LogP contribution in [-0.4, -0.2) is 36.1 Å². The monoisotopic (exact) mass is 291 g/mol. The number of nitrogens with zero attached hydrogens (tertiary/aromatic N) is 1. The molecule has 1 rings (SSSR count). The van der Waals surface area contributed by atoms with Gasteiger partial charge in [0, 0.05) is 12.3 Å². The Labute approximate surface area is 112 Å². The Morgan fingerprint density at radius 3 is 2.50 bits per heavy atom. The molecule has 1 aromatic rings. The molecule has 0 fully saturated rings. The molecule has 5 nitrogen and oxygen atoms in total. The van der Waals surface area contributed by atoms with E-state index in [0.29, 0.717) is 0 Å². The van der Waals surface area contributed by atoms with E-state index in [-0.39, 0.29) is 23.6 Å². The van der Waals surface area contributed by atoms with Crippen molar-refractivity contribution in [3.8, 4) is 5.88 Å². The molecule has 110 valence electrons. The molecule has 0 radical (unpaired) electrons. The molecule has 0 aliphatic carbocycles. The van der Waals surface area contributed by atoms with Crippen molar-refractivity contribution in [2.75, 3.05) is 13.2 Å². The summed E-state index contributed by atoms with van der Waals surface area (Å²) in [5.41, 5.74) is 0.234. The van der Waals surface area contributed by atoms with E-state index < -0.39 is 24.5 Å². The summed E-state index contributed by atoms with van der Waals surface area (Å²) in [4.78, 5) is 26.5. The highest BCUT2D eigenvalue weighted by Gasteiger charge is 2.29. The van der Waals surface area contributed by atoms with E-state index in [0.717, 1.165) is 12.3 Å². The fourth-order valence-corrected chi connectivity index (χ4v) is 1.31. The molecule has 0 amide bonds. The molecule has 0 aliphatic rings. The number of pyridine rings is 1. The molecular weight excluding hydrogens is 279 g/mol. The first kappa shape index (κ1) is 15.9. The lowest BCUT2D eigenvalue weighted by Crippen LogP contribution is -2.21. The summed E-state index contributed by atoms with van der Waals surface area (Å²) in [6.07, 6.45) is -3.49. The van der Waals surface area contributed by atoms with Crippen molar-refractivity contribution in [3.63, 3.8) is 0 Å². The smallest absolute Gasteiger partial charge is 0.422 e. The van der Waals surface area contributed by atoms with Crippen LogP contribution in [0.5, 0.6) is 5.88 Å². The Balaban J connectivity index is 2.83. The summed E-state index contributed by atoms with van der Waals surface area (Å²) in [5, 5.41) is 0. The maximum Gasteiger partial charge on any atom is 0.422 e. The average Bonchev–Trinajstić information content (AvgIpc) is 2.35. The summed E-state index contributed by atoms with van der Waals surface area (Å²) in [6.45, 7) is 1.56. The van der Waals surface area contributed by atoms with Gasteiger partial charge in [-0.3, -0.25) is 4.79 Å². The lowest BCUT2D eigenvalue weighted by Gasteiger charge is -2.10. The molecule has 8 heteroatoms. The van der Waals surface area contributed by atoms with Gasteiger partial charge in [0.1, 0.15) is 0 Å². The second-order valence-corrected chi connectivity index (χ2v) is 3.79. The first-order valence-corrected chi connectivity index (χ1v) is 5.62. The zero-order valence-electron chi connectivity index (χ0n) is 10.8. The van der Waals surface area contributed by atoms with Gasteiger partial charge in [0.15, 0.2) is 6.61 Å². The number of Topliss-reactive ketones (excluding diaryl/α,β-unsaturated/α-hetero) is 1. The van der Waals surface area contributed by atoms with Gasteiger partial charge in [-0.2, -0.15) is 13.2 Å². The molecule has 0 saturated carbocycles. The van der Waals surface area contributed by atoms with E-state index in [9.17, 15) is 22.8 Å². The number of carbonyl (C=O) groups is 2. The minimum absolute atomic E-state index is 0.0391. The van der Waals surface area contributed by atoms with Gasteiger partial charge < -0.3 is 9.47 Å². The standard InChI is InChI=1S/C12H12F3NO4/c1-3-19-11(18)10(17)8-5-16-9(4-7(8)2)20-6-12(13,14)15/h4-5H,3,6H2,1-2H3. The Bertz CT molecular complexity index is 514. The molecular formula is C12H12F3NO4. The Morgan fingerprint density at radius 2 is 2.00 bits per heavy atom. The van der Waals surface area contributed by atoms with Crippen LogP contribution in [0.3, 0.4) is 0 Å². The summed E-state index contributed by atoms with van der Waals surface area (Å²) < 4.78 is 44.9. The molecule has 1 aromatic heterocycles. The maximum atomic E-state index is 12.0. The lowest BCUT2D eigenvalue weighted by molar-refractivity contribution is -0.154. The number of esters is 1. The number of halogens is 3. The van der Waals surface area contributed by atoms with Gasteiger partial charge in [-0.1, -0.05) is 0 Å². The Kier molecular flexibility index (Phi) is 5.06. The molecule has 0 saturated heterocycles. The number of alkyl halides is 3. The van der Waals surface area contributed by atoms with Gasteiger partial charge in [-0.05, 0) is 19.4 Å². The molecule has 0 atom stereocenters. The number of ketones is 1. The largest absolute Gasteiger partial charge is 0.468 e. The number of carbonyl (C=O) groups excluding carboxylic acids is 2. The second kappa shape index (κ2) is 6.36. The number of rotatable bonds is 5.